The SMILES string of the molecule is CCCCCCCCCCCCCCCC(=O)OC[C@H](CSC[C@H](N)C(=O)N[C@@H](CO)C(=O)O)OC(=O)CCCCCCCCCCCCCCC. The van der Waals surface area contributed by atoms with E-state index in [-0.39, 0.29) is 30.1 Å². The Balaban J connectivity index is 4.44. The van der Waals surface area contributed by atoms with Crippen molar-refractivity contribution >= 4 is 35.6 Å². The van der Waals surface area contributed by atoms with Gasteiger partial charge in [0.2, 0.25) is 5.91 Å². The molecular formula is C41H78N2O8S. The van der Waals surface area contributed by atoms with Crippen molar-refractivity contribution in [2.24, 2.45) is 5.73 Å². The predicted octanol–water partition coefficient (Wildman–Crippen LogP) is 9.03. The summed E-state index contributed by atoms with van der Waals surface area (Å²) in [6.07, 6.45) is 31.7. The first-order valence-electron chi connectivity index (χ1n) is 21.1. The first-order chi connectivity index (χ1) is 25.2. The molecule has 0 saturated heterocycles. The number of ether oxygens (including phenoxy) is 2. The predicted molar refractivity (Wildman–Crippen MR) is 213 cm³/mol. The number of rotatable bonds is 39. The normalized spacial score (nSPS) is 13.0. The van der Waals surface area contributed by atoms with Crippen molar-refractivity contribution in [3.05, 3.63) is 0 Å². The van der Waals surface area contributed by atoms with Crippen LogP contribution >= 0.6 is 11.8 Å². The van der Waals surface area contributed by atoms with Gasteiger partial charge in [0.05, 0.1) is 12.6 Å². The van der Waals surface area contributed by atoms with Gasteiger partial charge in [-0.05, 0) is 12.8 Å². The van der Waals surface area contributed by atoms with Crippen LogP contribution in [0.2, 0.25) is 0 Å². The molecule has 0 radical (unpaired) electrons. The van der Waals surface area contributed by atoms with Crippen molar-refractivity contribution in [1.29, 1.82) is 0 Å². The van der Waals surface area contributed by atoms with E-state index in [0.717, 1.165) is 38.5 Å². The van der Waals surface area contributed by atoms with E-state index in [1.165, 1.54) is 140 Å². The van der Waals surface area contributed by atoms with Crippen LogP contribution in [0.25, 0.3) is 0 Å². The number of carboxylic acid groups (broad SMARTS) is 1. The number of aliphatic hydroxyl groups is 1. The molecule has 11 heteroatoms. The number of amides is 1. The van der Waals surface area contributed by atoms with Crippen molar-refractivity contribution in [3.63, 3.8) is 0 Å². The molecule has 0 aliphatic heterocycles. The molecule has 5 N–H and O–H groups in total. The highest BCUT2D eigenvalue weighted by molar-refractivity contribution is 7.99. The van der Waals surface area contributed by atoms with Gasteiger partial charge in [-0.25, -0.2) is 4.79 Å². The van der Waals surface area contributed by atoms with Crippen molar-refractivity contribution in [2.75, 3.05) is 24.7 Å². The first-order valence-corrected chi connectivity index (χ1v) is 22.2. The second-order valence-electron chi connectivity index (χ2n) is 14.5. The fourth-order valence-corrected chi connectivity index (χ4v) is 7.03. The number of nitrogens with two attached hydrogens (primary N) is 1. The topological polar surface area (TPSA) is 165 Å². The number of unbranched alkanes of at least 4 members (excludes halogenated alkanes) is 24. The quantitative estimate of drug-likeness (QED) is 0.0351. The highest BCUT2D eigenvalue weighted by Gasteiger charge is 2.24. The highest BCUT2D eigenvalue weighted by Crippen LogP contribution is 2.16. The lowest BCUT2D eigenvalue weighted by Gasteiger charge is -2.19. The maximum Gasteiger partial charge on any atom is 0.328 e. The molecule has 0 aromatic heterocycles. The van der Waals surface area contributed by atoms with E-state index in [4.69, 9.17) is 25.4 Å². The Labute approximate surface area is 321 Å². The maximum atomic E-state index is 12.7. The van der Waals surface area contributed by atoms with Gasteiger partial charge in [-0.15, -0.1) is 0 Å². The molecule has 0 rings (SSSR count). The largest absolute Gasteiger partial charge is 0.480 e. The molecule has 0 aliphatic rings. The molecule has 1 amide bonds. The zero-order valence-electron chi connectivity index (χ0n) is 33.2. The Bertz CT molecular complexity index is 878. The van der Waals surface area contributed by atoms with Gasteiger partial charge >= 0.3 is 17.9 Å². The summed E-state index contributed by atoms with van der Waals surface area (Å²) in [7, 11) is 0. The lowest BCUT2D eigenvalue weighted by atomic mass is 10.0. The number of hydrogen-bond donors (Lipinski definition) is 4. The van der Waals surface area contributed by atoms with Gasteiger partial charge in [-0.2, -0.15) is 11.8 Å². The summed E-state index contributed by atoms with van der Waals surface area (Å²) in [4.78, 5) is 48.6. The number of hydrogen-bond acceptors (Lipinski definition) is 9. The molecule has 306 valence electrons. The van der Waals surface area contributed by atoms with Crippen molar-refractivity contribution in [1.82, 2.24) is 5.32 Å². The van der Waals surface area contributed by atoms with Gasteiger partial charge in [-0.1, -0.05) is 168 Å². The standard InChI is InChI=1S/C41H78N2O8S/c1-3-5-7-9-11-13-15-17-19-21-23-25-27-29-38(45)50-32-35(33-52-34-36(42)40(47)43-37(31-44)41(48)49)51-39(46)30-28-26-24-22-20-18-16-14-12-10-8-6-4-2/h35-37,44H,3-34,42H2,1-2H3,(H,43,47)(H,48,49)/t35-,36+,37+/m1/s1. The van der Waals surface area contributed by atoms with Gasteiger partial charge in [0.25, 0.3) is 0 Å². The van der Waals surface area contributed by atoms with E-state index in [1.807, 2.05) is 0 Å². The van der Waals surface area contributed by atoms with E-state index in [9.17, 15) is 19.2 Å². The Hall–Kier alpha value is -1.85. The van der Waals surface area contributed by atoms with Crippen LogP contribution in [0, 0.1) is 0 Å². The minimum Gasteiger partial charge on any atom is -0.480 e. The molecule has 52 heavy (non-hydrogen) atoms. The molecule has 0 saturated carbocycles. The minimum absolute atomic E-state index is 0.0678. The van der Waals surface area contributed by atoms with Crippen LogP contribution in [0.15, 0.2) is 0 Å². The van der Waals surface area contributed by atoms with Crippen LogP contribution in [-0.2, 0) is 28.7 Å². The van der Waals surface area contributed by atoms with E-state index in [0.29, 0.717) is 12.8 Å². The number of aliphatic hydroxyl groups excluding tert-OH is 1. The Morgan fingerprint density at radius 2 is 0.981 bits per heavy atom. The van der Waals surface area contributed by atoms with Gasteiger partial charge in [0.1, 0.15) is 18.8 Å². The summed E-state index contributed by atoms with van der Waals surface area (Å²) in [6, 6.07) is -2.46. The number of nitrogens with one attached hydrogen (secondary N) is 1. The molecule has 0 fully saturated rings. The first kappa shape index (κ1) is 50.1. The number of aliphatic carboxylic acids is 1. The molecule has 0 bridgehead atoms. The maximum absolute atomic E-state index is 12.7. The molecule has 0 unspecified atom stereocenters. The lowest BCUT2D eigenvalue weighted by Crippen LogP contribution is -2.50. The molecular weight excluding hydrogens is 681 g/mol. The number of carboxylic acids is 1. The van der Waals surface area contributed by atoms with Crippen molar-refractivity contribution in [2.45, 2.75) is 212 Å². The van der Waals surface area contributed by atoms with Gasteiger partial charge in [0.15, 0.2) is 0 Å². The summed E-state index contributed by atoms with van der Waals surface area (Å²) in [5, 5.41) is 20.4. The monoisotopic (exact) mass is 759 g/mol. The third-order valence-electron chi connectivity index (χ3n) is 9.43. The van der Waals surface area contributed by atoms with Crippen LogP contribution in [0.3, 0.4) is 0 Å². The average Bonchev–Trinajstić information content (AvgIpc) is 3.12. The Morgan fingerprint density at radius 3 is 1.37 bits per heavy atom. The van der Waals surface area contributed by atoms with Crippen molar-refractivity contribution in [3.8, 4) is 0 Å². The summed E-state index contributed by atoms with van der Waals surface area (Å²) < 4.78 is 11.2. The summed E-state index contributed by atoms with van der Waals surface area (Å²) in [6.45, 7) is 3.68. The zero-order valence-corrected chi connectivity index (χ0v) is 34.0. The zero-order chi connectivity index (χ0) is 38.5. The number of thioether (sulfide) groups is 1. The van der Waals surface area contributed by atoms with Gasteiger partial charge in [-0.3, -0.25) is 14.4 Å². The fraction of sp³-hybridized carbons (Fsp3) is 0.902. The Kier molecular flexibility index (Phi) is 36.1. The van der Waals surface area contributed by atoms with E-state index >= 15 is 0 Å². The van der Waals surface area contributed by atoms with Crippen LogP contribution in [0.5, 0.6) is 0 Å². The fourth-order valence-electron chi connectivity index (χ4n) is 6.06. The molecule has 0 spiro atoms. The number of carbonyl (C=O) groups excluding carboxylic acids is 3. The van der Waals surface area contributed by atoms with E-state index < -0.39 is 36.7 Å². The second kappa shape index (κ2) is 37.5. The van der Waals surface area contributed by atoms with Crippen LogP contribution in [-0.4, -0.2) is 76.9 Å². The molecule has 3 atom stereocenters. The van der Waals surface area contributed by atoms with Gasteiger partial charge < -0.3 is 30.7 Å². The van der Waals surface area contributed by atoms with Crippen LogP contribution in [0.4, 0.5) is 0 Å². The van der Waals surface area contributed by atoms with E-state index in [2.05, 4.69) is 19.2 Å². The highest BCUT2D eigenvalue weighted by atomic mass is 32.2. The Morgan fingerprint density at radius 1 is 0.596 bits per heavy atom. The summed E-state index contributed by atoms with van der Waals surface area (Å²) in [5.41, 5.74) is 5.93. The average molecular weight is 759 g/mol. The molecule has 0 aliphatic carbocycles. The van der Waals surface area contributed by atoms with Crippen LogP contribution in [0.1, 0.15) is 194 Å². The number of esters is 2. The third-order valence-corrected chi connectivity index (χ3v) is 10.6. The van der Waals surface area contributed by atoms with E-state index in [1.54, 1.807) is 0 Å². The third kappa shape index (κ3) is 32.8. The lowest BCUT2D eigenvalue weighted by molar-refractivity contribution is -0.157. The second-order valence-corrected chi connectivity index (χ2v) is 15.6. The minimum atomic E-state index is -1.43. The molecule has 0 aromatic rings. The van der Waals surface area contributed by atoms with Gasteiger partial charge in [0, 0.05) is 24.3 Å². The summed E-state index contributed by atoms with van der Waals surface area (Å²) in [5.74, 6) is -2.31. The number of carbonyl (C=O) groups is 4. The molecule has 0 heterocycles. The smallest absolute Gasteiger partial charge is 0.328 e. The van der Waals surface area contributed by atoms with Crippen molar-refractivity contribution < 1.29 is 38.9 Å². The van der Waals surface area contributed by atoms with Crippen LogP contribution < -0.4 is 11.1 Å². The molecule has 0 aromatic carbocycles. The molecule has 10 nitrogen and oxygen atoms in total. The summed E-state index contributed by atoms with van der Waals surface area (Å²) >= 11 is 1.26.